The first-order chi connectivity index (χ1) is 11.2. The maximum atomic E-state index is 12.1. The fourth-order valence-electron chi connectivity index (χ4n) is 2.07. The number of ether oxygens (including phenoxy) is 3. The van der Waals surface area contributed by atoms with E-state index in [0.29, 0.717) is 28.6 Å². The average molecular weight is 316 g/mol. The van der Waals surface area contributed by atoms with Crippen LogP contribution >= 0.6 is 0 Å². The largest absolute Gasteiger partial charge is 0.497 e. The van der Waals surface area contributed by atoms with Crippen molar-refractivity contribution in [1.29, 1.82) is 0 Å². The summed E-state index contributed by atoms with van der Waals surface area (Å²) in [5.74, 6) is 1.73. The summed E-state index contributed by atoms with van der Waals surface area (Å²) in [5.41, 5.74) is 1.31. The van der Waals surface area contributed by atoms with Crippen molar-refractivity contribution in [2.75, 3.05) is 38.5 Å². The molecule has 0 saturated heterocycles. The van der Waals surface area contributed by atoms with Crippen molar-refractivity contribution in [3.63, 3.8) is 0 Å². The molecule has 0 atom stereocenters. The van der Waals surface area contributed by atoms with E-state index in [-0.39, 0.29) is 12.5 Å². The monoisotopic (exact) mass is 316 g/mol. The SMILES string of the molecule is COc1ccc(OC)c(NCC(=O)Nc2ccccc2OC)c1. The highest BCUT2D eigenvalue weighted by Crippen LogP contribution is 2.29. The van der Waals surface area contributed by atoms with Gasteiger partial charge in [-0.2, -0.15) is 0 Å². The van der Waals surface area contributed by atoms with E-state index in [1.54, 1.807) is 51.7 Å². The third kappa shape index (κ3) is 4.29. The highest BCUT2D eigenvalue weighted by atomic mass is 16.5. The zero-order chi connectivity index (χ0) is 16.7. The third-order valence-corrected chi connectivity index (χ3v) is 3.23. The smallest absolute Gasteiger partial charge is 0.243 e. The highest BCUT2D eigenvalue weighted by molar-refractivity contribution is 5.95. The van der Waals surface area contributed by atoms with Gasteiger partial charge in [-0.3, -0.25) is 4.79 Å². The van der Waals surface area contributed by atoms with E-state index in [4.69, 9.17) is 14.2 Å². The molecule has 1 amide bonds. The molecule has 6 heteroatoms. The van der Waals surface area contributed by atoms with Crippen molar-refractivity contribution >= 4 is 17.3 Å². The summed E-state index contributed by atoms with van der Waals surface area (Å²) in [6.45, 7) is 0.0849. The fourth-order valence-corrected chi connectivity index (χ4v) is 2.07. The number of hydrogen-bond donors (Lipinski definition) is 2. The molecule has 2 rings (SSSR count). The van der Waals surface area contributed by atoms with Gasteiger partial charge in [0.25, 0.3) is 0 Å². The van der Waals surface area contributed by atoms with Crippen LogP contribution in [-0.2, 0) is 4.79 Å². The molecule has 0 bridgehead atoms. The number of benzene rings is 2. The van der Waals surface area contributed by atoms with E-state index in [9.17, 15) is 4.79 Å². The Morgan fingerprint density at radius 2 is 1.61 bits per heavy atom. The lowest BCUT2D eigenvalue weighted by molar-refractivity contribution is -0.114. The Morgan fingerprint density at radius 3 is 2.30 bits per heavy atom. The number of nitrogens with one attached hydrogen (secondary N) is 2. The van der Waals surface area contributed by atoms with E-state index in [2.05, 4.69) is 10.6 Å². The second kappa shape index (κ2) is 7.93. The van der Waals surface area contributed by atoms with Crippen LogP contribution in [0.5, 0.6) is 17.2 Å². The predicted molar refractivity (Wildman–Crippen MR) is 89.7 cm³/mol. The maximum Gasteiger partial charge on any atom is 0.243 e. The Morgan fingerprint density at radius 1 is 0.913 bits per heavy atom. The summed E-state index contributed by atoms with van der Waals surface area (Å²) in [5, 5.41) is 5.84. The van der Waals surface area contributed by atoms with Gasteiger partial charge >= 0.3 is 0 Å². The van der Waals surface area contributed by atoms with Crippen molar-refractivity contribution in [3.8, 4) is 17.2 Å². The molecule has 0 fully saturated rings. The van der Waals surface area contributed by atoms with E-state index in [0.717, 1.165) is 0 Å². The molecule has 0 spiro atoms. The van der Waals surface area contributed by atoms with Crippen LogP contribution in [0.4, 0.5) is 11.4 Å². The van der Waals surface area contributed by atoms with Crippen LogP contribution in [0.3, 0.4) is 0 Å². The van der Waals surface area contributed by atoms with Gasteiger partial charge in [0.05, 0.1) is 39.2 Å². The van der Waals surface area contributed by atoms with Gasteiger partial charge in [0, 0.05) is 6.07 Å². The summed E-state index contributed by atoms with van der Waals surface area (Å²) >= 11 is 0. The molecule has 2 N–H and O–H groups in total. The summed E-state index contributed by atoms with van der Waals surface area (Å²) in [4.78, 5) is 12.1. The minimum atomic E-state index is -0.195. The molecule has 6 nitrogen and oxygen atoms in total. The van der Waals surface area contributed by atoms with Gasteiger partial charge in [0.2, 0.25) is 5.91 Å². The third-order valence-electron chi connectivity index (χ3n) is 3.23. The summed E-state index contributed by atoms with van der Waals surface area (Å²) < 4.78 is 15.6. The van der Waals surface area contributed by atoms with Gasteiger partial charge in [0.1, 0.15) is 17.2 Å². The lowest BCUT2D eigenvalue weighted by atomic mass is 10.2. The van der Waals surface area contributed by atoms with E-state index < -0.39 is 0 Å². The van der Waals surface area contributed by atoms with Crippen LogP contribution in [0.2, 0.25) is 0 Å². The van der Waals surface area contributed by atoms with Crippen LogP contribution in [0, 0.1) is 0 Å². The molecular weight excluding hydrogens is 296 g/mol. The zero-order valence-corrected chi connectivity index (χ0v) is 13.4. The van der Waals surface area contributed by atoms with Crippen molar-refractivity contribution in [1.82, 2.24) is 0 Å². The Balaban J connectivity index is 2.02. The molecule has 2 aromatic carbocycles. The number of hydrogen-bond acceptors (Lipinski definition) is 5. The second-order valence-corrected chi connectivity index (χ2v) is 4.67. The molecule has 0 heterocycles. The van der Waals surface area contributed by atoms with Crippen LogP contribution < -0.4 is 24.8 Å². The summed E-state index contributed by atoms with van der Waals surface area (Å²) in [7, 11) is 4.71. The fraction of sp³-hybridized carbons (Fsp3) is 0.235. The predicted octanol–water partition coefficient (Wildman–Crippen LogP) is 2.76. The van der Waals surface area contributed by atoms with Crippen LogP contribution in [-0.4, -0.2) is 33.8 Å². The standard InChI is InChI=1S/C17H20N2O4/c1-21-12-8-9-16(23-3)14(10-12)18-11-17(20)19-13-6-4-5-7-15(13)22-2/h4-10,18H,11H2,1-3H3,(H,19,20). The van der Waals surface area contributed by atoms with Gasteiger partial charge in [-0.25, -0.2) is 0 Å². The molecule has 0 aliphatic heterocycles. The van der Waals surface area contributed by atoms with Gasteiger partial charge < -0.3 is 24.8 Å². The van der Waals surface area contributed by atoms with E-state index in [1.165, 1.54) is 0 Å². The minimum Gasteiger partial charge on any atom is -0.497 e. The molecular formula is C17H20N2O4. The number of methoxy groups -OCH3 is 3. The first kappa shape index (κ1) is 16.5. The second-order valence-electron chi connectivity index (χ2n) is 4.67. The molecule has 0 saturated carbocycles. The topological polar surface area (TPSA) is 68.8 Å². The summed E-state index contributed by atoms with van der Waals surface area (Å²) in [6, 6.07) is 12.6. The molecule has 23 heavy (non-hydrogen) atoms. The molecule has 0 aliphatic carbocycles. The molecule has 122 valence electrons. The molecule has 0 radical (unpaired) electrons. The Labute approximate surface area is 135 Å². The Hall–Kier alpha value is -2.89. The maximum absolute atomic E-state index is 12.1. The summed E-state index contributed by atoms with van der Waals surface area (Å²) in [6.07, 6.45) is 0. The minimum absolute atomic E-state index is 0.0849. The molecule has 0 aliphatic rings. The quantitative estimate of drug-likeness (QED) is 0.822. The van der Waals surface area contributed by atoms with Gasteiger partial charge in [-0.1, -0.05) is 12.1 Å². The van der Waals surface area contributed by atoms with Crippen LogP contribution in [0.15, 0.2) is 42.5 Å². The van der Waals surface area contributed by atoms with Crippen molar-refractivity contribution in [3.05, 3.63) is 42.5 Å². The molecule has 0 aromatic heterocycles. The number of amides is 1. The number of carbonyl (C=O) groups is 1. The van der Waals surface area contributed by atoms with E-state index >= 15 is 0 Å². The van der Waals surface area contributed by atoms with Gasteiger partial charge in [-0.05, 0) is 24.3 Å². The molecule has 2 aromatic rings. The highest BCUT2D eigenvalue weighted by Gasteiger charge is 2.09. The Kier molecular flexibility index (Phi) is 5.68. The zero-order valence-electron chi connectivity index (χ0n) is 13.4. The van der Waals surface area contributed by atoms with Crippen molar-refractivity contribution in [2.45, 2.75) is 0 Å². The van der Waals surface area contributed by atoms with Crippen LogP contribution in [0.1, 0.15) is 0 Å². The average Bonchev–Trinajstić information content (AvgIpc) is 2.60. The first-order valence-electron chi connectivity index (χ1n) is 7.06. The number of para-hydroxylation sites is 2. The normalized spacial score (nSPS) is 9.87. The van der Waals surface area contributed by atoms with Crippen molar-refractivity contribution < 1.29 is 19.0 Å². The lowest BCUT2D eigenvalue weighted by Crippen LogP contribution is -2.22. The first-order valence-corrected chi connectivity index (χ1v) is 7.06. The number of rotatable bonds is 7. The number of carbonyl (C=O) groups excluding carboxylic acids is 1. The van der Waals surface area contributed by atoms with Crippen molar-refractivity contribution in [2.24, 2.45) is 0 Å². The van der Waals surface area contributed by atoms with Gasteiger partial charge in [0.15, 0.2) is 0 Å². The number of anilines is 2. The van der Waals surface area contributed by atoms with Crippen LogP contribution in [0.25, 0.3) is 0 Å². The Bertz CT molecular complexity index is 673. The lowest BCUT2D eigenvalue weighted by Gasteiger charge is -2.13. The van der Waals surface area contributed by atoms with E-state index in [1.807, 2.05) is 12.1 Å². The molecule has 0 unspecified atom stereocenters. The van der Waals surface area contributed by atoms with Gasteiger partial charge in [-0.15, -0.1) is 0 Å².